The molecule has 0 fully saturated rings. The minimum absolute atomic E-state index is 0.207. The predicted octanol–water partition coefficient (Wildman–Crippen LogP) is 8.75. The van der Waals surface area contributed by atoms with Crippen LogP contribution in [0.15, 0.2) is 146 Å². The van der Waals surface area contributed by atoms with Gasteiger partial charge in [0.05, 0.1) is 44.8 Å². The second-order valence-electron chi connectivity index (χ2n) is 11.0. The average molecular weight is 629 g/mol. The highest BCUT2D eigenvalue weighted by Crippen LogP contribution is 2.34. The minimum Gasteiger partial charge on any atom is -0.508 e. The lowest BCUT2D eigenvalue weighted by Crippen LogP contribution is -1.95. The van der Waals surface area contributed by atoms with E-state index in [1.807, 2.05) is 97.1 Å². The number of para-hydroxylation sites is 4. The van der Waals surface area contributed by atoms with Gasteiger partial charge < -0.3 is 20.4 Å². The molecule has 0 aliphatic carbocycles. The summed E-state index contributed by atoms with van der Waals surface area (Å²) < 4.78 is 0. The van der Waals surface area contributed by atoms with E-state index in [4.69, 9.17) is 19.9 Å². The Labute approximate surface area is 275 Å². The van der Waals surface area contributed by atoms with Crippen molar-refractivity contribution in [1.29, 1.82) is 0 Å². The van der Waals surface area contributed by atoms with Crippen LogP contribution in [-0.2, 0) is 0 Å². The first-order valence-electron chi connectivity index (χ1n) is 15.1. The third kappa shape index (κ3) is 6.31. The Kier molecular flexibility index (Phi) is 8.03. The smallest absolute Gasteiger partial charge is 0.115 e. The number of rotatable bonds is 4. The number of phenolic OH excluding ortho intramolecular Hbond substituents is 4. The van der Waals surface area contributed by atoms with Crippen LogP contribution in [0.1, 0.15) is 0 Å². The van der Waals surface area contributed by atoms with Gasteiger partial charge in [-0.3, -0.25) is 0 Å². The molecule has 0 saturated carbocycles. The van der Waals surface area contributed by atoms with Crippen molar-refractivity contribution >= 4 is 22.1 Å². The fourth-order valence-electron chi connectivity index (χ4n) is 5.28. The molecule has 0 aliphatic rings. The van der Waals surface area contributed by atoms with Crippen molar-refractivity contribution in [3.05, 3.63) is 146 Å². The summed E-state index contributed by atoms with van der Waals surface area (Å²) in [6.07, 6.45) is 0. The van der Waals surface area contributed by atoms with Gasteiger partial charge in [-0.15, -0.1) is 0 Å². The fraction of sp³-hybridized carbons (Fsp3) is 0. The zero-order valence-electron chi connectivity index (χ0n) is 25.4. The summed E-state index contributed by atoms with van der Waals surface area (Å²) in [5.74, 6) is 0.828. The highest BCUT2D eigenvalue weighted by atomic mass is 16.3. The molecule has 8 rings (SSSR count). The van der Waals surface area contributed by atoms with Gasteiger partial charge in [0.25, 0.3) is 0 Å². The topological polar surface area (TPSA) is 132 Å². The summed E-state index contributed by atoms with van der Waals surface area (Å²) in [6, 6.07) is 43.0. The molecule has 2 aromatic heterocycles. The minimum atomic E-state index is 0.207. The van der Waals surface area contributed by atoms with Crippen molar-refractivity contribution in [2.24, 2.45) is 0 Å². The van der Waals surface area contributed by atoms with E-state index in [0.717, 1.165) is 67.1 Å². The molecule has 232 valence electrons. The summed E-state index contributed by atoms with van der Waals surface area (Å²) in [5.41, 5.74) is 9.65. The standard InChI is InChI=1S/2C20H14N2O2/c2*23-15-9-5-13(6-10-15)19-20(14-7-11-16(24)12-8-14)22-18-4-2-1-3-17(18)21-19/h2*1-12,23-24H. The van der Waals surface area contributed by atoms with Gasteiger partial charge in [0.1, 0.15) is 23.0 Å². The van der Waals surface area contributed by atoms with Gasteiger partial charge in [0, 0.05) is 22.3 Å². The Morgan fingerprint density at radius 1 is 0.250 bits per heavy atom. The number of nitrogens with zero attached hydrogens (tertiary/aromatic N) is 4. The molecule has 0 unspecified atom stereocenters. The number of phenols is 4. The normalized spacial score (nSPS) is 10.8. The van der Waals surface area contributed by atoms with E-state index in [1.165, 1.54) is 0 Å². The molecule has 8 nitrogen and oxygen atoms in total. The molecule has 0 amide bonds. The molecular formula is C40H28N4O4. The fourth-order valence-corrected chi connectivity index (χ4v) is 5.28. The van der Waals surface area contributed by atoms with E-state index < -0.39 is 0 Å². The highest BCUT2D eigenvalue weighted by molar-refractivity contribution is 5.87. The maximum absolute atomic E-state index is 9.53. The first-order chi connectivity index (χ1) is 23.4. The van der Waals surface area contributed by atoms with Gasteiger partial charge in [-0.1, -0.05) is 24.3 Å². The molecule has 4 N–H and O–H groups in total. The van der Waals surface area contributed by atoms with Crippen LogP contribution in [0.4, 0.5) is 0 Å². The van der Waals surface area contributed by atoms with Gasteiger partial charge in [-0.05, 0) is 121 Å². The average Bonchev–Trinajstić information content (AvgIpc) is 3.12. The number of hydrogen-bond donors (Lipinski definition) is 4. The van der Waals surface area contributed by atoms with Crippen molar-refractivity contribution in [2.75, 3.05) is 0 Å². The second kappa shape index (κ2) is 12.9. The van der Waals surface area contributed by atoms with Crippen LogP contribution < -0.4 is 0 Å². The van der Waals surface area contributed by atoms with Crippen LogP contribution in [0.2, 0.25) is 0 Å². The van der Waals surface area contributed by atoms with E-state index >= 15 is 0 Å². The van der Waals surface area contributed by atoms with E-state index in [2.05, 4.69) is 0 Å². The number of hydrogen-bond acceptors (Lipinski definition) is 8. The lowest BCUT2D eigenvalue weighted by molar-refractivity contribution is 0.475. The van der Waals surface area contributed by atoms with Crippen molar-refractivity contribution in [2.45, 2.75) is 0 Å². The summed E-state index contributed by atoms with van der Waals surface area (Å²) in [5, 5.41) is 38.1. The molecular weight excluding hydrogens is 600 g/mol. The van der Waals surface area contributed by atoms with Crippen LogP contribution in [0.3, 0.4) is 0 Å². The van der Waals surface area contributed by atoms with Crippen molar-refractivity contribution in [3.8, 4) is 68.0 Å². The Morgan fingerprint density at radius 2 is 0.438 bits per heavy atom. The molecule has 8 aromatic rings. The molecule has 8 heteroatoms. The van der Waals surface area contributed by atoms with Gasteiger partial charge in [-0.25, -0.2) is 19.9 Å². The van der Waals surface area contributed by atoms with Gasteiger partial charge in [0.2, 0.25) is 0 Å². The van der Waals surface area contributed by atoms with E-state index in [-0.39, 0.29) is 23.0 Å². The molecule has 0 spiro atoms. The largest absolute Gasteiger partial charge is 0.508 e. The predicted molar refractivity (Wildman–Crippen MR) is 187 cm³/mol. The van der Waals surface area contributed by atoms with E-state index in [1.54, 1.807) is 48.5 Å². The Bertz CT molecular complexity index is 2020. The second-order valence-corrected chi connectivity index (χ2v) is 11.0. The third-order valence-corrected chi connectivity index (χ3v) is 7.70. The number of benzene rings is 6. The first kappa shape index (κ1) is 29.9. The van der Waals surface area contributed by atoms with E-state index in [0.29, 0.717) is 0 Å². The molecule has 0 bridgehead atoms. The molecule has 0 radical (unpaired) electrons. The lowest BCUT2D eigenvalue weighted by Gasteiger charge is -2.10. The van der Waals surface area contributed by atoms with Gasteiger partial charge in [0.15, 0.2) is 0 Å². The molecule has 0 saturated heterocycles. The number of aromatic nitrogens is 4. The molecule has 6 aromatic carbocycles. The molecule has 0 aliphatic heterocycles. The third-order valence-electron chi connectivity index (χ3n) is 7.70. The maximum atomic E-state index is 9.53. The van der Waals surface area contributed by atoms with Gasteiger partial charge in [-0.2, -0.15) is 0 Å². The summed E-state index contributed by atoms with van der Waals surface area (Å²) in [6.45, 7) is 0. The first-order valence-corrected chi connectivity index (χ1v) is 15.1. The quantitative estimate of drug-likeness (QED) is 0.152. The zero-order valence-corrected chi connectivity index (χ0v) is 25.4. The van der Waals surface area contributed by atoms with Crippen molar-refractivity contribution in [1.82, 2.24) is 19.9 Å². The lowest BCUT2D eigenvalue weighted by atomic mass is 10.0. The highest BCUT2D eigenvalue weighted by Gasteiger charge is 2.15. The molecule has 0 atom stereocenters. The van der Waals surface area contributed by atoms with Crippen molar-refractivity contribution < 1.29 is 20.4 Å². The van der Waals surface area contributed by atoms with Crippen LogP contribution in [0.5, 0.6) is 23.0 Å². The Hall–Kier alpha value is -6.80. The van der Waals surface area contributed by atoms with E-state index in [9.17, 15) is 20.4 Å². The maximum Gasteiger partial charge on any atom is 0.115 e. The van der Waals surface area contributed by atoms with Crippen molar-refractivity contribution in [3.63, 3.8) is 0 Å². The van der Waals surface area contributed by atoms with Gasteiger partial charge >= 0.3 is 0 Å². The number of aromatic hydroxyl groups is 4. The molecule has 48 heavy (non-hydrogen) atoms. The number of fused-ring (bicyclic) bond motifs is 2. The summed E-state index contributed by atoms with van der Waals surface area (Å²) in [4.78, 5) is 19.1. The molecule has 2 heterocycles. The Morgan fingerprint density at radius 3 is 0.625 bits per heavy atom. The summed E-state index contributed by atoms with van der Waals surface area (Å²) >= 11 is 0. The summed E-state index contributed by atoms with van der Waals surface area (Å²) in [7, 11) is 0. The monoisotopic (exact) mass is 628 g/mol. The zero-order chi connectivity index (χ0) is 33.0. The van der Waals surface area contributed by atoms with Crippen LogP contribution in [-0.4, -0.2) is 40.4 Å². The Balaban J connectivity index is 0.000000152. The van der Waals surface area contributed by atoms with Crippen LogP contribution in [0, 0.1) is 0 Å². The van der Waals surface area contributed by atoms with Crippen LogP contribution in [0.25, 0.3) is 67.1 Å². The van der Waals surface area contributed by atoms with Crippen LogP contribution >= 0.6 is 0 Å². The SMILES string of the molecule is Oc1ccc(-c2nc3ccccc3nc2-c2ccc(O)cc2)cc1.Oc1ccc(-c2nc3ccccc3nc2-c2ccc(O)cc2)cc1.